The van der Waals surface area contributed by atoms with Crippen molar-refractivity contribution in [3.8, 4) is 0 Å². The SMILES string of the molecule is O=S(=O)(F)c1nnc(C(F)(F)F)n1C1CC1. The first-order valence-corrected chi connectivity index (χ1v) is 5.56. The zero-order valence-corrected chi connectivity index (χ0v) is 8.39. The van der Waals surface area contributed by atoms with Crippen LogP contribution in [0.2, 0.25) is 0 Å². The molecule has 0 amide bonds. The first-order valence-electron chi connectivity index (χ1n) is 4.18. The molecule has 0 saturated heterocycles. The predicted molar refractivity (Wildman–Crippen MR) is 41.6 cm³/mol. The van der Waals surface area contributed by atoms with Crippen LogP contribution in [-0.2, 0) is 16.4 Å². The van der Waals surface area contributed by atoms with Crippen LogP contribution in [-0.4, -0.2) is 23.2 Å². The Balaban J connectivity index is 2.62. The van der Waals surface area contributed by atoms with Crippen LogP contribution >= 0.6 is 0 Å². The van der Waals surface area contributed by atoms with Crippen LogP contribution in [0, 0.1) is 0 Å². The molecule has 0 spiro atoms. The topological polar surface area (TPSA) is 64.8 Å². The molecule has 0 unspecified atom stereocenters. The minimum atomic E-state index is -5.29. The van der Waals surface area contributed by atoms with Crippen LogP contribution in [0.1, 0.15) is 24.7 Å². The summed E-state index contributed by atoms with van der Waals surface area (Å²) in [6.07, 6.45) is -4.15. The molecule has 1 saturated carbocycles. The van der Waals surface area contributed by atoms with E-state index in [1.54, 1.807) is 0 Å². The average Bonchev–Trinajstić information content (AvgIpc) is 2.79. The van der Waals surface area contributed by atoms with Crippen LogP contribution in [0.15, 0.2) is 5.16 Å². The van der Waals surface area contributed by atoms with Crippen molar-refractivity contribution >= 4 is 10.2 Å². The van der Waals surface area contributed by atoms with Gasteiger partial charge in [0.25, 0.3) is 5.16 Å². The molecular weight excluding hydrogens is 254 g/mol. The standard InChI is InChI=1S/C6H5F4N3O2S/c7-6(8,9)4-11-12-5(16(10,14)15)13(4)3-1-2-3/h3H,1-2H2. The molecule has 5 nitrogen and oxygen atoms in total. The molecular formula is C6H5F4N3O2S. The van der Waals surface area contributed by atoms with Gasteiger partial charge in [-0.1, -0.05) is 3.89 Å². The summed E-state index contributed by atoms with van der Waals surface area (Å²) in [4.78, 5) is 0. The molecule has 1 aromatic rings. The molecule has 1 fully saturated rings. The Morgan fingerprint density at radius 1 is 1.25 bits per heavy atom. The van der Waals surface area contributed by atoms with Gasteiger partial charge in [-0.2, -0.15) is 21.6 Å². The molecule has 0 aliphatic heterocycles. The van der Waals surface area contributed by atoms with E-state index in [9.17, 15) is 25.5 Å². The molecule has 0 aromatic carbocycles. The second-order valence-corrected chi connectivity index (χ2v) is 4.58. The number of aromatic nitrogens is 3. The molecule has 0 bridgehead atoms. The molecule has 0 N–H and O–H groups in total. The minimum absolute atomic E-state index is 0.301. The van der Waals surface area contributed by atoms with E-state index in [4.69, 9.17) is 0 Å². The predicted octanol–water partition coefficient (Wildman–Crippen LogP) is 1.29. The fraction of sp³-hybridized carbons (Fsp3) is 0.667. The number of halogens is 4. The average molecular weight is 259 g/mol. The van der Waals surface area contributed by atoms with Crippen molar-refractivity contribution in [3.63, 3.8) is 0 Å². The summed E-state index contributed by atoms with van der Waals surface area (Å²) >= 11 is 0. The van der Waals surface area contributed by atoms with Gasteiger partial charge in [0, 0.05) is 6.04 Å². The van der Waals surface area contributed by atoms with Crippen LogP contribution in [0.5, 0.6) is 0 Å². The quantitative estimate of drug-likeness (QED) is 0.593. The maximum Gasteiger partial charge on any atom is 0.451 e. The Morgan fingerprint density at radius 2 is 1.81 bits per heavy atom. The molecule has 1 aromatic heterocycles. The molecule has 1 aliphatic rings. The zero-order valence-electron chi connectivity index (χ0n) is 7.57. The third-order valence-electron chi connectivity index (χ3n) is 2.05. The van der Waals surface area contributed by atoms with Gasteiger partial charge in [-0.25, -0.2) is 0 Å². The summed E-state index contributed by atoms with van der Waals surface area (Å²) in [5, 5.41) is 4.15. The Morgan fingerprint density at radius 3 is 2.19 bits per heavy atom. The first-order chi connectivity index (χ1) is 7.21. The number of rotatable bonds is 2. The lowest BCUT2D eigenvalue weighted by Crippen LogP contribution is -2.16. The molecule has 0 atom stereocenters. The number of hydrogen-bond donors (Lipinski definition) is 0. The third-order valence-corrected chi connectivity index (χ3v) is 2.76. The van der Waals surface area contributed by atoms with E-state index in [-0.39, 0.29) is 0 Å². The smallest absolute Gasteiger partial charge is 0.289 e. The summed E-state index contributed by atoms with van der Waals surface area (Å²) in [6.45, 7) is 0. The maximum absolute atomic E-state index is 12.7. The van der Waals surface area contributed by atoms with E-state index in [2.05, 4.69) is 10.2 Å². The summed E-state index contributed by atoms with van der Waals surface area (Å²) in [5.41, 5.74) is 0. The highest BCUT2D eigenvalue weighted by molar-refractivity contribution is 7.86. The number of hydrogen-bond acceptors (Lipinski definition) is 4. The van der Waals surface area contributed by atoms with E-state index in [0.29, 0.717) is 17.4 Å². The zero-order chi connectivity index (χ0) is 12.1. The van der Waals surface area contributed by atoms with Crippen molar-refractivity contribution in [1.82, 2.24) is 14.8 Å². The Bertz CT molecular complexity index is 516. The molecule has 0 radical (unpaired) electrons. The van der Waals surface area contributed by atoms with Gasteiger partial charge in [0.1, 0.15) is 0 Å². The highest BCUT2D eigenvalue weighted by Gasteiger charge is 2.44. The lowest BCUT2D eigenvalue weighted by Gasteiger charge is -2.08. The highest BCUT2D eigenvalue weighted by Crippen LogP contribution is 2.41. The molecule has 10 heteroatoms. The van der Waals surface area contributed by atoms with E-state index >= 15 is 0 Å². The second-order valence-electron chi connectivity index (χ2n) is 3.34. The summed E-state index contributed by atoms with van der Waals surface area (Å²) < 4.78 is 71.3. The van der Waals surface area contributed by atoms with Crippen molar-refractivity contribution in [2.75, 3.05) is 0 Å². The first kappa shape index (κ1) is 11.3. The van der Waals surface area contributed by atoms with E-state index in [0.717, 1.165) is 0 Å². The van der Waals surface area contributed by atoms with Gasteiger partial charge < -0.3 is 0 Å². The molecule has 90 valence electrons. The van der Waals surface area contributed by atoms with Crippen molar-refractivity contribution in [2.24, 2.45) is 0 Å². The fourth-order valence-corrected chi connectivity index (χ4v) is 1.91. The molecule has 2 rings (SSSR count). The van der Waals surface area contributed by atoms with Crippen molar-refractivity contribution in [2.45, 2.75) is 30.2 Å². The third kappa shape index (κ3) is 1.88. The van der Waals surface area contributed by atoms with Gasteiger partial charge in [0.2, 0.25) is 5.82 Å². The Labute approximate surface area is 87.3 Å². The summed E-state index contributed by atoms with van der Waals surface area (Å²) in [6, 6.07) is -0.688. The maximum atomic E-state index is 12.7. The molecule has 16 heavy (non-hydrogen) atoms. The number of alkyl halides is 3. The van der Waals surface area contributed by atoms with Gasteiger partial charge in [-0.3, -0.25) is 4.57 Å². The van der Waals surface area contributed by atoms with E-state index in [1.807, 2.05) is 0 Å². The van der Waals surface area contributed by atoms with Gasteiger partial charge in [0.05, 0.1) is 0 Å². The van der Waals surface area contributed by atoms with Crippen LogP contribution in [0.3, 0.4) is 0 Å². The fourth-order valence-electron chi connectivity index (χ4n) is 1.30. The number of nitrogens with zero attached hydrogens (tertiary/aromatic N) is 3. The van der Waals surface area contributed by atoms with Gasteiger partial charge in [-0.05, 0) is 12.8 Å². The second kappa shape index (κ2) is 3.15. The largest absolute Gasteiger partial charge is 0.451 e. The van der Waals surface area contributed by atoms with Crippen molar-refractivity contribution in [1.29, 1.82) is 0 Å². The normalized spacial score (nSPS) is 17.8. The monoisotopic (exact) mass is 259 g/mol. The van der Waals surface area contributed by atoms with Crippen LogP contribution in [0.4, 0.5) is 17.1 Å². The van der Waals surface area contributed by atoms with E-state index < -0.39 is 33.4 Å². The van der Waals surface area contributed by atoms with Crippen LogP contribution in [0.25, 0.3) is 0 Å². The minimum Gasteiger partial charge on any atom is -0.289 e. The van der Waals surface area contributed by atoms with Gasteiger partial charge >= 0.3 is 16.4 Å². The van der Waals surface area contributed by atoms with Crippen molar-refractivity contribution < 1.29 is 25.5 Å². The van der Waals surface area contributed by atoms with Crippen molar-refractivity contribution in [3.05, 3.63) is 5.82 Å². The Hall–Kier alpha value is -1.19. The molecule has 1 aliphatic carbocycles. The van der Waals surface area contributed by atoms with Gasteiger partial charge in [-0.15, -0.1) is 10.2 Å². The van der Waals surface area contributed by atoms with Crippen LogP contribution < -0.4 is 0 Å². The van der Waals surface area contributed by atoms with Gasteiger partial charge in [0.15, 0.2) is 0 Å². The van der Waals surface area contributed by atoms with E-state index in [1.165, 1.54) is 0 Å². The molecule has 1 heterocycles. The highest BCUT2D eigenvalue weighted by atomic mass is 32.3. The lowest BCUT2D eigenvalue weighted by molar-refractivity contribution is -0.147. The summed E-state index contributed by atoms with van der Waals surface area (Å²) in [7, 11) is -5.29. The summed E-state index contributed by atoms with van der Waals surface area (Å²) in [5.74, 6) is -1.48. The lowest BCUT2D eigenvalue weighted by atomic mass is 10.5. The Kier molecular flexibility index (Phi) is 2.23.